The Morgan fingerprint density at radius 2 is 2.08 bits per heavy atom. The maximum absolute atomic E-state index is 9.49. The molecule has 0 radical (unpaired) electrons. The monoisotopic (exact) mass is 223 g/mol. The quantitative estimate of drug-likeness (QED) is 0.746. The second-order valence-corrected chi connectivity index (χ2v) is 3.35. The highest BCUT2D eigenvalue weighted by molar-refractivity contribution is 9.10. The van der Waals surface area contributed by atoms with E-state index in [1.807, 2.05) is 6.07 Å². The van der Waals surface area contributed by atoms with E-state index in [0.29, 0.717) is 0 Å². The molecule has 0 aliphatic heterocycles. The Morgan fingerprint density at radius 3 is 2.83 bits per heavy atom. The molecule has 2 nitrogen and oxygen atoms in total. The Morgan fingerprint density at radius 1 is 1.25 bits per heavy atom. The molecular formula is C9H6BrNO. The molecule has 1 N–H and O–H groups in total. The zero-order valence-electron chi connectivity index (χ0n) is 6.16. The number of phenolic OH excluding ortho intramolecular Hbond substituents is 1. The third-order valence-corrected chi connectivity index (χ3v) is 2.32. The van der Waals surface area contributed by atoms with E-state index in [9.17, 15) is 5.11 Å². The fraction of sp³-hybridized carbons (Fsp3) is 0. The van der Waals surface area contributed by atoms with Gasteiger partial charge < -0.3 is 5.11 Å². The van der Waals surface area contributed by atoms with Gasteiger partial charge in [0.15, 0.2) is 0 Å². The summed E-state index contributed by atoms with van der Waals surface area (Å²) in [5.41, 5.74) is 0. The van der Waals surface area contributed by atoms with Crippen LogP contribution in [0.2, 0.25) is 0 Å². The van der Waals surface area contributed by atoms with E-state index in [1.165, 1.54) is 0 Å². The molecule has 0 saturated carbocycles. The Balaban J connectivity index is 2.96. The fourth-order valence-electron chi connectivity index (χ4n) is 1.17. The second-order valence-electron chi connectivity index (χ2n) is 2.50. The van der Waals surface area contributed by atoms with Crippen molar-refractivity contribution in [2.45, 2.75) is 0 Å². The van der Waals surface area contributed by atoms with Crippen LogP contribution in [-0.4, -0.2) is 10.1 Å². The zero-order valence-corrected chi connectivity index (χ0v) is 7.75. The van der Waals surface area contributed by atoms with Crippen molar-refractivity contribution in [1.29, 1.82) is 0 Å². The number of benzene rings is 1. The maximum atomic E-state index is 9.49. The second kappa shape index (κ2) is 2.75. The highest BCUT2D eigenvalue weighted by Crippen LogP contribution is 2.29. The Hall–Kier alpha value is -1.09. The lowest BCUT2D eigenvalue weighted by Gasteiger charge is -2.00. The van der Waals surface area contributed by atoms with Crippen molar-refractivity contribution >= 4 is 26.7 Å². The van der Waals surface area contributed by atoms with Crippen molar-refractivity contribution in [3.05, 3.63) is 35.1 Å². The molecule has 0 fully saturated rings. The predicted molar refractivity (Wildman–Crippen MR) is 51.1 cm³/mol. The number of pyridine rings is 1. The number of phenols is 1. The summed E-state index contributed by atoms with van der Waals surface area (Å²) in [6.07, 6.45) is 3.39. The van der Waals surface area contributed by atoms with E-state index in [-0.39, 0.29) is 5.75 Å². The number of halogens is 1. The van der Waals surface area contributed by atoms with Crippen LogP contribution in [-0.2, 0) is 0 Å². The molecule has 12 heavy (non-hydrogen) atoms. The van der Waals surface area contributed by atoms with Crippen LogP contribution in [0.1, 0.15) is 0 Å². The van der Waals surface area contributed by atoms with Crippen LogP contribution in [0.4, 0.5) is 0 Å². The summed E-state index contributed by atoms with van der Waals surface area (Å²) < 4.78 is 0.818. The molecule has 1 heterocycles. The van der Waals surface area contributed by atoms with Crippen molar-refractivity contribution in [3.8, 4) is 5.75 Å². The minimum Gasteiger partial charge on any atom is -0.507 e. The van der Waals surface area contributed by atoms with Gasteiger partial charge in [-0.2, -0.15) is 0 Å². The van der Waals surface area contributed by atoms with E-state index in [2.05, 4.69) is 20.9 Å². The Bertz CT molecular complexity index is 391. The highest BCUT2D eigenvalue weighted by atomic mass is 79.9. The third kappa shape index (κ3) is 1.06. The first-order valence-corrected chi connectivity index (χ1v) is 4.29. The van der Waals surface area contributed by atoms with E-state index >= 15 is 0 Å². The summed E-state index contributed by atoms with van der Waals surface area (Å²) in [4.78, 5) is 4.00. The number of hydrogen-bond donors (Lipinski definition) is 1. The predicted octanol–water partition coefficient (Wildman–Crippen LogP) is 2.70. The van der Waals surface area contributed by atoms with Gasteiger partial charge in [-0.3, -0.25) is 4.98 Å². The number of fused-ring (bicyclic) bond motifs is 1. The molecule has 0 saturated heterocycles. The molecule has 0 amide bonds. The molecule has 1 aromatic heterocycles. The van der Waals surface area contributed by atoms with Crippen LogP contribution < -0.4 is 0 Å². The van der Waals surface area contributed by atoms with Gasteiger partial charge in [-0.05, 0) is 22.0 Å². The van der Waals surface area contributed by atoms with Gasteiger partial charge in [0.25, 0.3) is 0 Å². The van der Waals surface area contributed by atoms with Gasteiger partial charge in [-0.1, -0.05) is 12.1 Å². The van der Waals surface area contributed by atoms with Crippen LogP contribution in [0.3, 0.4) is 0 Å². The zero-order chi connectivity index (χ0) is 8.55. The van der Waals surface area contributed by atoms with Crippen LogP contribution in [0.15, 0.2) is 35.1 Å². The molecule has 1 aromatic carbocycles. The van der Waals surface area contributed by atoms with Crippen molar-refractivity contribution in [1.82, 2.24) is 4.98 Å². The van der Waals surface area contributed by atoms with Crippen LogP contribution >= 0.6 is 15.9 Å². The molecule has 2 aromatic rings. The average Bonchev–Trinajstić information content (AvgIpc) is 2.04. The minimum atomic E-state index is 0.279. The largest absolute Gasteiger partial charge is 0.507 e. The molecular weight excluding hydrogens is 218 g/mol. The lowest BCUT2D eigenvalue weighted by atomic mass is 10.2. The number of rotatable bonds is 0. The van der Waals surface area contributed by atoms with E-state index in [1.54, 1.807) is 24.5 Å². The van der Waals surface area contributed by atoms with Crippen LogP contribution in [0, 0.1) is 0 Å². The SMILES string of the molecule is Oc1cccc2cncc(Br)c12. The summed E-state index contributed by atoms with van der Waals surface area (Å²) in [6, 6.07) is 5.37. The summed E-state index contributed by atoms with van der Waals surface area (Å²) in [7, 11) is 0. The molecule has 0 spiro atoms. The Kier molecular flexibility index (Phi) is 1.73. The summed E-state index contributed by atoms with van der Waals surface area (Å²) in [6.45, 7) is 0. The number of hydrogen-bond acceptors (Lipinski definition) is 2. The highest BCUT2D eigenvalue weighted by Gasteiger charge is 2.02. The first-order valence-electron chi connectivity index (χ1n) is 3.50. The van der Waals surface area contributed by atoms with Crippen LogP contribution in [0.25, 0.3) is 10.8 Å². The lowest BCUT2D eigenvalue weighted by molar-refractivity contribution is 0.481. The fourth-order valence-corrected chi connectivity index (χ4v) is 1.72. The molecule has 0 atom stereocenters. The van der Waals surface area contributed by atoms with Gasteiger partial charge in [0.2, 0.25) is 0 Å². The third-order valence-electron chi connectivity index (χ3n) is 1.72. The van der Waals surface area contributed by atoms with Gasteiger partial charge >= 0.3 is 0 Å². The van der Waals surface area contributed by atoms with Gasteiger partial charge in [-0.15, -0.1) is 0 Å². The van der Waals surface area contributed by atoms with Gasteiger partial charge in [0, 0.05) is 27.6 Å². The smallest absolute Gasteiger partial charge is 0.124 e. The van der Waals surface area contributed by atoms with Gasteiger partial charge in [0.05, 0.1) is 0 Å². The van der Waals surface area contributed by atoms with Crippen LogP contribution in [0.5, 0.6) is 5.75 Å². The number of aromatic hydroxyl groups is 1. The van der Waals surface area contributed by atoms with E-state index in [4.69, 9.17) is 0 Å². The van der Waals surface area contributed by atoms with Crippen molar-refractivity contribution < 1.29 is 5.11 Å². The first kappa shape index (κ1) is 7.55. The summed E-state index contributed by atoms with van der Waals surface area (Å²) in [5.74, 6) is 0.279. The van der Waals surface area contributed by atoms with E-state index < -0.39 is 0 Å². The molecule has 60 valence electrons. The molecule has 0 aliphatic rings. The first-order chi connectivity index (χ1) is 5.79. The number of nitrogens with zero attached hydrogens (tertiary/aromatic N) is 1. The molecule has 0 bridgehead atoms. The lowest BCUT2D eigenvalue weighted by Crippen LogP contribution is -1.77. The van der Waals surface area contributed by atoms with Crippen molar-refractivity contribution in [2.24, 2.45) is 0 Å². The Labute approximate surface area is 78.0 Å². The summed E-state index contributed by atoms with van der Waals surface area (Å²) >= 11 is 3.33. The maximum Gasteiger partial charge on any atom is 0.124 e. The van der Waals surface area contributed by atoms with Gasteiger partial charge in [-0.25, -0.2) is 0 Å². The topological polar surface area (TPSA) is 33.1 Å². The molecule has 0 aliphatic carbocycles. The molecule has 0 unspecified atom stereocenters. The summed E-state index contributed by atoms with van der Waals surface area (Å²) in [5, 5.41) is 11.2. The van der Waals surface area contributed by atoms with Gasteiger partial charge in [0.1, 0.15) is 5.75 Å². The molecule has 2 rings (SSSR count). The van der Waals surface area contributed by atoms with Crippen molar-refractivity contribution in [3.63, 3.8) is 0 Å². The number of aromatic nitrogens is 1. The van der Waals surface area contributed by atoms with E-state index in [0.717, 1.165) is 15.2 Å². The minimum absolute atomic E-state index is 0.279. The van der Waals surface area contributed by atoms with Crippen molar-refractivity contribution in [2.75, 3.05) is 0 Å². The normalized spacial score (nSPS) is 10.4. The standard InChI is InChI=1S/C9H6BrNO/c10-7-5-11-4-6-2-1-3-8(12)9(6)7/h1-5,12H. The average molecular weight is 224 g/mol. The molecule has 3 heteroatoms.